The molecule has 0 bridgehead atoms. The molecule has 0 N–H and O–H groups in total. The normalized spacial score (nSPS) is 10.8. The Kier molecular flexibility index (Phi) is 5.46. The van der Waals surface area contributed by atoms with Crippen LogP contribution in [0.5, 0.6) is 17.2 Å². The third-order valence-electron chi connectivity index (χ3n) is 4.15. The number of thiazole rings is 1. The fraction of sp³-hybridized carbons (Fsp3) is 0.368. The van der Waals surface area contributed by atoms with Crippen LogP contribution >= 0.6 is 11.3 Å². The van der Waals surface area contributed by atoms with Gasteiger partial charge in [-0.05, 0) is 32.0 Å². The van der Waals surface area contributed by atoms with E-state index < -0.39 is 0 Å². The first kappa shape index (κ1) is 18.3. The fourth-order valence-electron chi connectivity index (χ4n) is 2.89. The summed E-state index contributed by atoms with van der Waals surface area (Å²) >= 11 is 1.65. The highest BCUT2D eigenvalue weighted by Gasteiger charge is 2.15. The fourth-order valence-corrected chi connectivity index (χ4v) is 3.69. The summed E-state index contributed by atoms with van der Waals surface area (Å²) in [6.07, 6.45) is 0.844. The van der Waals surface area contributed by atoms with Gasteiger partial charge in [0.15, 0.2) is 11.5 Å². The molecule has 0 aliphatic heterocycles. The zero-order valence-corrected chi connectivity index (χ0v) is 16.5. The molecule has 0 aliphatic carbocycles. The van der Waals surface area contributed by atoms with Crippen LogP contribution in [0.1, 0.15) is 16.4 Å². The van der Waals surface area contributed by atoms with E-state index in [0.717, 1.165) is 34.9 Å². The Morgan fingerprint density at radius 3 is 2.23 bits per heavy atom. The minimum Gasteiger partial charge on any atom is -0.493 e. The third kappa shape index (κ3) is 3.67. The molecule has 0 spiro atoms. The van der Waals surface area contributed by atoms with Gasteiger partial charge in [-0.2, -0.15) is 5.10 Å². The number of hydrogen-bond donors (Lipinski definition) is 0. The van der Waals surface area contributed by atoms with Gasteiger partial charge in [0, 0.05) is 29.6 Å². The molecule has 0 radical (unpaired) electrons. The lowest BCUT2D eigenvalue weighted by Crippen LogP contribution is -2.05. The Morgan fingerprint density at radius 1 is 1.00 bits per heavy atom. The number of ether oxygens (including phenoxy) is 3. The standard InChI is InChI=1S/C19H23N3O3S/c1-12-8-13(2)22(21-12)7-6-18-20-15(11-26-18)14-9-16(23-3)19(25-5)17(10-14)24-4/h8-11H,6-7H2,1-5H3. The molecule has 7 heteroatoms. The maximum atomic E-state index is 5.43. The van der Waals surface area contributed by atoms with E-state index >= 15 is 0 Å². The van der Waals surface area contributed by atoms with Crippen molar-refractivity contribution >= 4 is 11.3 Å². The highest BCUT2D eigenvalue weighted by atomic mass is 32.1. The van der Waals surface area contributed by atoms with Crippen LogP contribution in [-0.4, -0.2) is 36.1 Å². The number of rotatable bonds is 7. The second kappa shape index (κ2) is 7.78. The number of hydrogen-bond acceptors (Lipinski definition) is 6. The van der Waals surface area contributed by atoms with Gasteiger partial charge >= 0.3 is 0 Å². The van der Waals surface area contributed by atoms with Crippen LogP contribution in [-0.2, 0) is 13.0 Å². The number of methoxy groups -OCH3 is 3. The zero-order chi connectivity index (χ0) is 18.7. The summed E-state index contributed by atoms with van der Waals surface area (Å²) < 4.78 is 18.3. The topological polar surface area (TPSA) is 58.4 Å². The predicted molar refractivity (Wildman–Crippen MR) is 103 cm³/mol. The van der Waals surface area contributed by atoms with Crippen LogP contribution in [0.15, 0.2) is 23.6 Å². The lowest BCUT2D eigenvalue weighted by Gasteiger charge is -2.13. The van der Waals surface area contributed by atoms with Gasteiger partial charge in [-0.1, -0.05) is 0 Å². The van der Waals surface area contributed by atoms with Crippen molar-refractivity contribution in [2.75, 3.05) is 21.3 Å². The van der Waals surface area contributed by atoms with Gasteiger partial charge in [0.25, 0.3) is 0 Å². The molecule has 0 fully saturated rings. The Bertz CT molecular complexity index is 876. The first-order valence-corrected chi connectivity index (χ1v) is 9.19. The first-order valence-electron chi connectivity index (χ1n) is 8.31. The summed E-state index contributed by atoms with van der Waals surface area (Å²) in [6.45, 7) is 4.90. The average molecular weight is 373 g/mol. The summed E-state index contributed by atoms with van der Waals surface area (Å²) in [5.41, 5.74) is 4.05. The second-order valence-corrected chi connectivity index (χ2v) is 6.88. The van der Waals surface area contributed by atoms with Crippen molar-refractivity contribution < 1.29 is 14.2 Å². The molecule has 0 aliphatic rings. The van der Waals surface area contributed by atoms with Gasteiger partial charge in [0.05, 0.1) is 37.7 Å². The molecular formula is C19H23N3O3S. The van der Waals surface area contributed by atoms with Crippen LogP contribution in [0.4, 0.5) is 0 Å². The van der Waals surface area contributed by atoms with Crippen LogP contribution in [0, 0.1) is 13.8 Å². The molecule has 0 saturated heterocycles. The first-order chi connectivity index (χ1) is 12.5. The summed E-state index contributed by atoms with van der Waals surface area (Å²) in [5, 5.41) is 7.62. The summed E-state index contributed by atoms with van der Waals surface area (Å²) in [6, 6.07) is 5.92. The number of nitrogens with zero attached hydrogens (tertiary/aromatic N) is 3. The second-order valence-electron chi connectivity index (χ2n) is 5.94. The molecule has 6 nitrogen and oxygen atoms in total. The van der Waals surface area contributed by atoms with Gasteiger partial charge in [-0.3, -0.25) is 4.68 Å². The minimum absolute atomic E-state index is 0.582. The van der Waals surface area contributed by atoms with Gasteiger partial charge in [-0.15, -0.1) is 11.3 Å². The molecule has 0 atom stereocenters. The molecule has 2 aromatic heterocycles. The maximum absolute atomic E-state index is 5.43. The van der Waals surface area contributed by atoms with Gasteiger partial charge in [0.1, 0.15) is 0 Å². The quantitative estimate of drug-likeness (QED) is 0.629. The van der Waals surface area contributed by atoms with E-state index in [9.17, 15) is 0 Å². The highest BCUT2D eigenvalue weighted by Crippen LogP contribution is 2.41. The van der Waals surface area contributed by atoms with Crippen LogP contribution in [0.3, 0.4) is 0 Å². The maximum Gasteiger partial charge on any atom is 0.203 e. The van der Waals surface area contributed by atoms with Crippen LogP contribution < -0.4 is 14.2 Å². The SMILES string of the molecule is COc1cc(-c2csc(CCn3nc(C)cc3C)n2)cc(OC)c1OC. The lowest BCUT2D eigenvalue weighted by molar-refractivity contribution is 0.324. The van der Waals surface area contributed by atoms with E-state index in [1.807, 2.05) is 23.7 Å². The Balaban J connectivity index is 1.82. The molecule has 0 saturated carbocycles. The minimum atomic E-state index is 0.582. The molecular weight excluding hydrogens is 350 g/mol. The van der Waals surface area contributed by atoms with Crippen molar-refractivity contribution in [2.45, 2.75) is 26.8 Å². The van der Waals surface area contributed by atoms with Gasteiger partial charge in [-0.25, -0.2) is 4.98 Å². The molecule has 26 heavy (non-hydrogen) atoms. The highest BCUT2D eigenvalue weighted by molar-refractivity contribution is 7.09. The van der Waals surface area contributed by atoms with Crippen molar-refractivity contribution in [2.24, 2.45) is 0 Å². The van der Waals surface area contributed by atoms with Crippen molar-refractivity contribution in [3.05, 3.63) is 40.0 Å². The summed E-state index contributed by atoms with van der Waals surface area (Å²) in [7, 11) is 4.82. The third-order valence-corrected chi connectivity index (χ3v) is 5.06. The summed E-state index contributed by atoms with van der Waals surface area (Å²) in [4.78, 5) is 4.76. The molecule has 0 amide bonds. The molecule has 138 valence electrons. The molecule has 3 aromatic rings. The number of benzene rings is 1. The lowest BCUT2D eigenvalue weighted by atomic mass is 10.1. The Hall–Kier alpha value is -2.54. The van der Waals surface area contributed by atoms with E-state index in [2.05, 4.69) is 23.5 Å². The monoisotopic (exact) mass is 373 g/mol. The zero-order valence-electron chi connectivity index (χ0n) is 15.7. The van der Waals surface area contributed by atoms with E-state index in [1.165, 1.54) is 5.69 Å². The van der Waals surface area contributed by atoms with Crippen molar-refractivity contribution in [1.29, 1.82) is 0 Å². The molecule has 1 aromatic carbocycles. The largest absolute Gasteiger partial charge is 0.493 e. The van der Waals surface area contributed by atoms with E-state index in [4.69, 9.17) is 19.2 Å². The van der Waals surface area contributed by atoms with Crippen molar-refractivity contribution in [1.82, 2.24) is 14.8 Å². The molecule has 2 heterocycles. The van der Waals surface area contributed by atoms with Crippen molar-refractivity contribution in [3.63, 3.8) is 0 Å². The van der Waals surface area contributed by atoms with E-state index in [-0.39, 0.29) is 0 Å². The number of aryl methyl sites for hydroxylation is 4. The van der Waals surface area contributed by atoms with E-state index in [0.29, 0.717) is 17.2 Å². The van der Waals surface area contributed by atoms with Gasteiger partial charge < -0.3 is 14.2 Å². The molecule has 0 unspecified atom stereocenters. The molecule has 3 rings (SSSR count). The summed E-state index contributed by atoms with van der Waals surface area (Å²) in [5.74, 6) is 1.83. The Labute approximate surface area is 157 Å². The predicted octanol–water partition coefficient (Wildman–Crippen LogP) is 3.89. The smallest absolute Gasteiger partial charge is 0.203 e. The van der Waals surface area contributed by atoms with Crippen LogP contribution in [0.2, 0.25) is 0 Å². The number of aromatic nitrogens is 3. The van der Waals surface area contributed by atoms with Crippen molar-refractivity contribution in [3.8, 4) is 28.5 Å². The average Bonchev–Trinajstić information content (AvgIpc) is 3.24. The Morgan fingerprint density at radius 2 is 1.69 bits per heavy atom. The van der Waals surface area contributed by atoms with Gasteiger partial charge in [0.2, 0.25) is 5.75 Å². The van der Waals surface area contributed by atoms with E-state index in [1.54, 1.807) is 32.7 Å². The van der Waals surface area contributed by atoms with Crippen LogP contribution in [0.25, 0.3) is 11.3 Å².